The van der Waals surface area contributed by atoms with Crippen LogP contribution in [0.5, 0.6) is 0 Å². The molecule has 0 amide bonds. The Hall–Kier alpha value is -4.96. The third-order valence-electron chi connectivity index (χ3n) is 10.8. The third-order valence-corrected chi connectivity index (χ3v) is 10.8. The van der Waals surface area contributed by atoms with E-state index in [1.165, 1.54) is 44.5 Å². The first-order valence-electron chi connectivity index (χ1n) is 15.8. The summed E-state index contributed by atoms with van der Waals surface area (Å²) in [7, 11) is 0. The predicted molar refractivity (Wildman–Crippen MR) is 181 cm³/mol. The zero-order valence-electron chi connectivity index (χ0n) is 26.5. The molecule has 6 aromatic rings. The minimum Gasteiger partial charge on any atom is -0.254 e. The highest BCUT2D eigenvalue weighted by Crippen LogP contribution is 2.52. The van der Waals surface area contributed by atoms with Gasteiger partial charge in [0.05, 0.1) is 34.2 Å². The van der Waals surface area contributed by atoms with E-state index in [1.54, 1.807) is 0 Å². The molecule has 0 fully saturated rings. The molecule has 3 aliphatic carbocycles. The number of hydrogen-bond acceptors (Lipinski definition) is 4. The maximum atomic E-state index is 5.33. The molecule has 0 saturated carbocycles. The van der Waals surface area contributed by atoms with E-state index in [2.05, 4.69) is 125 Å². The Balaban J connectivity index is 1.15. The molecule has 3 aliphatic rings. The molecule has 4 aromatic heterocycles. The van der Waals surface area contributed by atoms with Crippen LogP contribution in [0.15, 0.2) is 97.3 Å². The number of nitrogens with zero attached hydrogens (tertiary/aromatic N) is 4. The number of benzene rings is 2. The first-order valence-corrected chi connectivity index (χ1v) is 15.8. The minimum atomic E-state index is -0.150. The SMILES string of the molecule is CC1(C)c2ccccc2-c2nc(-c3ccc4c(n3)-c3cc(-c5cnc6c(c5)C(C)(C)c5cccnc5-6)ccc3C4(C)C)ccc21. The van der Waals surface area contributed by atoms with Crippen molar-refractivity contribution in [1.82, 2.24) is 19.9 Å². The Morgan fingerprint density at radius 3 is 1.71 bits per heavy atom. The molecule has 4 heteroatoms. The predicted octanol–water partition coefficient (Wildman–Crippen LogP) is 9.52. The number of pyridine rings is 4. The highest BCUT2D eigenvalue weighted by molar-refractivity contribution is 5.85. The highest BCUT2D eigenvalue weighted by atomic mass is 14.8. The molecule has 0 spiro atoms. The normalized spacial score (nSPS) is 16.8. The fourth-order valence-electron chi connectivity index (χ4n) is 8.14. The van der Waals surface area contributed by atoms with Crippen LogP contribution in [0.25, 0.3) is 56.4 Å². The van der Waals surface area contributed by atoms with Gasteiger partial charge in [0.1, 0.15) is 0 Å². The molecule has 4 nitrogen and oxygen atoms in total. The summed E-state index contributed by atoms with van der Waals surface area (Å²) in [6.45, 7) is 13.7. The Bertz CT molecular complexity index is 2260. The van der Waals surface area contributed by atoms with Crippen molar-refractivity contribution in [3.05, 3.63) is 131 Å². The number of hydrogen-bond donors (Lipinski definition) is 0. The van der Waals surface area contributed by atoms with Gasteiger partial charge in [0.2, 0.25) is 0 Å². The van der Waals surface area contributed by atoms with Gasteiger partial charge in [-0.2, -0.15) is 0 Å². The van der Waals surface area contributed by atoms with Crippen LogP contribution in [0.2, 0.25) is 0 Å². The monoisotopic (exact) mass is 582 g/mol. The molecule has 0 radical (unpaired) electrons. The number of rotatable bonds is 2. The van der Waals surface area contributed by atoms with Crippen LogP contribution in [0.1, 0.15) is 74.9 Å². The lowest BCUT2D eigenvalue weighted by atomic mass is 9.81. The third kappa shape index (κ3) is 3.43. The molecule has 0 atom stereocenters. The summed E-state index contributed by atoms with van der Waals surface area (Å²) >= 11 is 0. The Morgan fingerprint density at radius 1 is 0.422 bits per heavy atom. The van der Waals surface area contributed by atoms with Crippen LogP contribution in [0.4, 0.5) is 0 Å². The summed E-state index contributed by atoms with van der Waals surface area (Å²) < 4.78 is 0. The van der Waals surface area contributed by atoms with Crippen LogP contribution in [0.3, 0.4) is 0 Å². The molecule has 0 saturated heterocycles. The van der Waals surface area contributed by atoms with Crippen molar-refractivity contribution in [3.63, 3.8) is 0 Å². The van der Waals surface area contributed by atoms with Gasteiger partial charge >= 0.3 is 0 Å². The average molecular weight is 583 g/mol. The van der Waals surface area contributed by atoms with E-state index in [4.69, 9.17) is 15.0 Å². The van der Waals surface area contributed by atoms with Crippen molar-refractivity contribution in [3.8, 4) is 56.4 Å². The molecule has 4 heterocycles. The van der Waals surface area contributed by atoms with Gasteiger partial charge in [-0.05, 0) is 69.3 Å². The van der Waals surface area contributed by atoms with Crippen molar-refractivity contribution >= 4 is 0 Å². The van der Waals surface area contributed by atoms with Gasteiger partial charge in [0, 0.05) is 45.3 Å². The molecule has 0 N–H and O–H groups in total. The molecule has 9 rings (SSSR count). The van der Waals surface area contributed by atoms with Crippen LogP contribution in [-0.2, 0) is 16.2 Å². The summed E-state index contributed by atoms with van der Waals surface area (Å²) in [5.41, 5.74) is 17.8. The molecular weight excluding hydrogens is 548 g/mol. The molecule has 45 heavy (non-hydrogen) atoms. The lowest BCUT2D eigenvalue weighted by molar-refractivity contribution is 0.658. The van der Waals surface area contributed by atoms with Crippen LogP contribution < -0.4 is 0 Å². The fraction of sp³-hybridized carbons (Fsp3) is 0.220. The second-order valence-corrected chi connectivity index (χ2v) is 14.4. The Morgan fingerprint density at radius 2 is 0.978 bits per heavy atom. The highest BCUT2D eigenvalue weighted by Gasteiger charge is 2.40. The van der Waals surface area contributed by atoms with Gasteiger partial charge in [-0.15, -0.1) is 0 Å². The summed E-state index contributed by atoms with van der Waals surface area (Å²) in [6.07, 6.45) is 3.86. The van der Waals surface area contributed by atoms with Crippen LogP contribution in [-0.4, -0.2) is 19.9 Å². The molecule has 0 aliphatic heterocycles. The van der Waals surface area contributed by atoms with Crippen molar-refractivity contribution < 1.29 is 0 Å². The van der Waals surface area contributed by atoms with Gasteiger partial charge in [0.25, 0.3) is 0 Å². The van der Waals surface area contributed by atoms with E-state index in [0.29, 0.717) is 0 Å². The van der Waals surface area contributed by atoms with E-state index < -0.39 is 0 Å². The van der Waals surface area contributed by atoms with Crippen LogP contribution in [0, 0.1) is 0 Å². The second kappa shape index (κ2) is 8.60. The minimum absolute atomic E-state index is 0.0664. The molecule has 0 unspecified atom stereocenters. The van der Waals surface area contributed by atoms with Gasteiger partial charge < -0.3 is 0 Å². The van der Waals surface area contributed by atoms with Gasteiger partial charge in [-0.25, -0.2) is 9.97 Å². The van der Waals surface area contributed by atoms with E-state index in [1.807, 2.05) is 18.5 Å². The maximum absolute atomic E-state index is 5.33. The van der Waals surface area contributed by atoms with E-state index in [-0.39, 0.29) is 16.2 Å². The Labute approximate surface area is 264 Å². The zero-order valence-corrected chi connectivity index (χ0v) is 26.5. The van der Waals surface area contributed by atoms with Gasteiger partial charge in [-0.1, -0.05) is 96.1 Å². The van der Waals surface area contributed by atoms with Crippen molar-refractivity contribution in [2.75, 3.05) is 0 Å². The molecule has 218 valence electrons. The van der Waals surface area contributed by atoms with Gasteiger partial charge in [0.15, 0.2) is 0 Å². The average Bonchev–Trinajstić information content (AvgIpc) is 3.53. The molecular formula is C41H34N4. The van der Waals surface area contributed by atoms with E-state index >= 15 is 0 Å². The lowest BCUT2D eigenvalue weighted by Gasteiger charge is -2.22. The number of aromatic nitrogens is 4. The summed E-state index contributed by atoms with van der Waals surface area (Å²) in [5.74, 6) is 0. The standard InChI is InChI=1S/C41H34N4/c1-39(2)27-11-8-7-10-25(27)35-30(39)15-17-33(44-35)34-18-16-31-36(45-34)26-20-23(13-14-28(26)40(31,3)4)24-21-32-38(43-22-24)37-29(41(32,5)6)12-9-19-42-37/h7-22H,1-6H3. The van der Waals surface area contributed by atoms with E-state index in [0.717, 1.165) is 45.3 Å². The molecule has 2 aromatic carbocycles. The van der Waals surface area contributed by atoms with Crippen molar-refractivity contribution in [2.24, 2.45) is 0 Å². The quantitative estimate of drug-likeness (QED) is 0.204. The van der Waals surface area contributed by atoms with Crippen LogP contribution >= 0.6 is 0 Å². The van der Waals surface area contributed by atoms with Gasteiger partial charge in [-0.3, -0.25) is 9.97 Å². The second-order valence-electron chi connectivity index (χ2n) is 14.4. The first-order chi connectivity index (χ1) is 21.6. The first kappa shape index (κ1) is 26.4. The summed E-state index contributed by atoms with van der Waals surface area (Å²) in [5, 5.41) is 0. The summed E-state index contributed by atoms with van der Waals surface area (Å²) in [4.78, 5) is 20.2. The summed E-state index contributed by atoms with van der Waals surface area (Å²) in [6, 6.07) is 30.8. The fourth-order valence-corrected chi connectivity index (χ4v) is 8.14. The largest absolute Gasteiger partial charge is 0.254 e. The zero-order chi connectivity index (χ0) is 30.9. The topological polar surface area (TPSA) is 51.6 Å². The van der Waals surface area contributed by atoms with Crippen molar-refractivity contribution in [2.45, 2.75) is 57.8 Å². The number of fused-ring (bicyclic) bond motifs is 9. The maximum Gasteiger partial charge on any atom is 0.0930 e. The van der Waals surface area contributed by atoms with E-state index in [9.17, 15) is 0 Å². The smallest absolute Gasteiger partial charge is 0.0930 e. The van der Waals surface area contributed by atoms with Crippen molar-refractivity contribution in [1.29, 1.82) is 0 Å². The lowest BCUT2D eigenvalue weighted by Crippen LogP contribution is -2.15. The Kier molecular flexibility index (Phi) is 5.05. The molecule has 0 bridgehead atoms.